The van der Waals surface area contributed by atoms with Crippen molar-refractivity contribution in [2.45, 2.75) is 19.9 Å². The average molecular weight is 273 g/mol. The van der Waals surface area contributed by atoms with Gasteiger partial charge in [-0.3, -0.25) is 9.79 Å². The zero-order valence-electron chi connectivity index (χ0n) is 10.7. The van der Waals surface area contributed by atoms with Crippen LogP contribution in [0.5, 0.6) is 0 Å². The van der Waals surface area contributed by atoms with Gasteiger partial charge in [-0.15, -0.1) is 0 Å². The summed E-state index contributed by atoms with van der Waals surface area (Å²) in [6.07, 6.45) is 3.59. The molecule has 0 aromatic heterocycles. The number of halogens is 1. The third-order valence-corrected chi connectivity index (χ3v) is 3.68. The summed E-state index contributed by atoms with van der Waals surface area (Å²) in [5.74, 6) is -0.183. The summed E-state index contributed by atoms with van der Waals surface area (Å²) in [6, 6.07) is 7.31. The molecule has 96 valence electrons. The normalized spacial score (nSPS) is 23.9. The minimum atomic E-state index is -0.262. The molecule has 0 N–H and O–H groups in total. The van der Waals surface area contributed by atoms with E-state index in [0.717, 1.165) is 11.3 Å². The highest BCUT2D eigenvalue weighted by Gasteiger charge is 2.38. The van der Waals surface area contributed by atoms with Gasteiger partial charge in [-0.1, -0.05) is 49.7 Å². The molecule has 2 aliphatic heterocycles. The van der Waals surface area contributed by atoms with Crippen molar-refractivity contribution in [2.75, 3.05) is 0 Å². The molecule has 0 radical (unpaired) electrons. The van der Waals surface area contributed by atoms with Crippen molar-refractivity contribution in [3.8, 4) is 0 Å². The van der Waals surface area contributed by atoms with Crippen LogP contribution < -0.4 is 0 Å². The first-order valence-corrected chi connectivity index (χ1v) is 6.51. The SMILES string of the molecule is CC1(C)C=C(Cl)C=NC1C1=NC(=O)c2ccccc21. The molecular weight excluding hydrogens is 260 g/mol. The third-order valence-electron chi connectivity index (χ3n) is 3.48. The van der Waals surface area contributed by atoms with Crippen LogP contribution in [0.2, 0.25) is 0 Å². The zero-order chi connectivity index (χ0) is 13.6. The zero-order valence-corrected chi connectivity index (χ0v) is 11.5. The summed E-state index contributed by atoms with van der Waals surface area (Å²) in [5.41, 5.74) is 2.02. The summed E-state index contributed by atoms with van der Waals surface area (Å²) in [4.78, 5) is 20.6. The van der Waals surface area contributed by atoms with Crippen molar-refractivity contribution in [2.24, 2.45) is 15.4 Å². The predicted octanol–water partition coefficient (Wildman–Crippen LogP) is 3.23. The second kappa shape index (κ2) is 4.14. The number of nitrogens with zero attached hydrogens (tertiary/aromatic N) is 2. The molecule has 1 aromatic rings. The van der Waals surface area contributed by atoms with E-state index >= 15 is 0 Å². The van der Waals surface area contributed by atoms with Gasteiger partial charge in [0.05, 0.1) is 16.3 Å². The van der Waals surface area contributed by atoms with Gasteiger partial charge in [0.2, 0.25) is 0 Å². The molecule has 1 aromatic carbocycles. The number of hydrogen-bond acceptors (Lipinski definition) is 2. The number of carbonyl (C=O) groups is 1. The lowest BCUT2D eigenvalue weighted by Crippen LogP contribution is -2.36. The Labute approximate surface area is 116 Å². The van der Waals surface area contributed by atoms with Crippen molar-refractivity contribution in [1.29, 1.82) is 0 Å². The lowest BCUT2D eigenvalue weighted by atomic mass is 9.78. The van der Waals surface area contributed by atoms with Gasteiger partial charge in [-0.05, 0) is 6.07 Å². The Balaban J connectivity index is 2.08. The Hall–Kier alpha value is -1.74. The van der Waals surface area contributed by atoms with E-state index < -0.39 is 0 Å². The van der Waals surface area contributed by atoms with E-state index in [2.05, 4.69) is 9.98 Å². The van der Waals surface area contributed by atoms with Gasteiger partial charge in [-0.25, -0.2) is 4.99 Å². The van der Waals surface area contributed by atoms with Gasteiger partial charge in [-0.2, -0.15) is 0 Å². The molecule has 2 heterocycles. The fourth-order valence-corrected chi connectivity index (χ4v) is 2.90. The van der Waals surface area contributed by atoms with Crippen molar-refractivity contribution in [3.05, 3.63) is 46.5 Å². The van der Waals surface area contributed by atoms with Gasteiger partial charge in [0, 0.05) is 17.2 Å². The van der Waals surface area contributed by atoms with Crippen LogP contribution in [-0.4, -0.2) is 23.9 Å². The molecule has 1 unspecified atom stereocenters. The lowest BCUT2D eigenvalue weighted by Gasteiger charge is -2.31. The van der Waals surface area contributed by atoms with E-state index in [0.29, 0.717) is 10.6 Å². The van der Waals surface area contributed by atoms with Crippen LogP contribution in [0.3, 0.4) is 0 Å². The number of allylic oxidation sites excluding steroid dienone is 1. The minimum absolute atomic E-state index is 0.178. The van der Waals surface area contributed by atoms with Crippen molar-refractivity contribution in [3.63, 3.8) is 0 Å². The molecule has 3 rings (SSSR count). The molecule has 3 nitrogen and oxygen atoms in total. The molecular formula is C15H13ClN2O. The van der Waals surface area contributed by atoms with Crippen LogP contribution in [0.4, 0.5) is 0 Å². The molecule has 4 heteroatoms. The molecule has 2 aliphatic rings. The number of rotatable bonds is 1. The molecule has 0 saturated carbocycles. The first kappa shape index (κ1) is 12.3. The number of benzene rings is 1. The Bertz CT molecular complexity index is 656. The fourth-order valence-electron chi connectivity index (χ4n) is 2.56. The van der Waals surface area contributed by atoms with Crippen molar-refractivity contribution in [1.82, 2.24) is 0 Å². The highest BCUT2D eigenvalue weighted by molar-refractivity contribution is 6.39. The first-order chi connectivity index (χ1) is 8.99. The summed E-state index contributed by atoms with van der Waals surface area (Å²) in [7, 11) is 0. The molecule has 0 spiro atoms. The number of carbonyl (C=O) groups excluding carboxylic acids is 1. The quantitative estimate of drug-likeness (QED) is 0.774. The van der Waals surface area contributed by atoms with Gasteiger partial charge in [0.1, 0.15) is 6.04 Å². The van der Waals surface area contributed by atoms with Crippen LogP contribution in [0.15, 0.2) is 45.4 Å². The maximum Gasteiger partial charge on any atom is 0.277 e. The van der Waals surface area contributed by atoms with E-state index in [4.69, 9.17) is 11.6 Å². The summed E-state index contributed by atoms with van der Waals surface area (Å²) in [5, 5.41) is 0.624. The van der Waals surface area contributed by atoms with Gasteiger partial charge >= 0.3 is 0 Å². The molecule has 0 bridgehead atoms. The highest BCUT2D eigenvalue weighted by Crippen LogP contribution is 2.35. The molecule has 19 heavy (non-hydrogen) atoms. The van der Waals surface area contributed by atoms with E-state index in [9.17, 15) is 4.79 Å². The van der Waals surface area contributed by atoms with Gasteiger partial charge < -0.3 is 0 Å². The van der Waals surface area contributed by atoms with Crippen LogP contribution >= 0.6 is 11.6 Å². The van der Waals surface area contributed by atoms with Crippen LogP contribution in [0.1, 0.15) is 29.8 Å². The van der Waals surface area contributed by atoms with E-state index in [1.165, 1.54) is 0 Å². The third kappa shape index (κ3) is 1.94. The van der Waals surface area contributed by atoms with E-state index in [1.807, 2.05) is 38.1 Å². The Morgan fingerprint density at radius 1 is 1.21 bits per heavy atom. The number of fused-ring (bicyclic) bond motifs is 1. The van der Waals surface area contributed by atoms with Crippen molar-refractivity contribution < 1.29 is 4.79 Å². The molecule has 0 saturated heterocycles. The number of hydrogen-bond donors (Lipinski definition) is 0. The molecule has 1 atom stereocenters. The molecule has 1 amide bonds. The largest absolute Gasteiger partial charge is 0.281 e. The maximum absolute atomic E-state index is 11.9. The number of dihydropyridines is 1. The molecule has 0 aliphatic carbocycles. The Kier molecular flexibility index (Phi) is 2.68. The first-order valence-electron chi connectivity index (χ1n) is 6.13. The standard InChI is InChI=1S/C15H13ClN2O/c1-15(2)7-9(16)8-17-13(15)12-10-5-3-4-6-11(10)14(19)18-12/h3-8,13H,1-2H3. The predicted molar refractivity (Wildman–Crippen MR) is 77.3 cm³/mol. The monoisotopic (exact) mass is 272 g/mol. The van der Waals surface area contributed by atoms with Crippen LogP contribution in [-0.2, 0) is 0 Å². The van der Waals surface area contributed by atoms with Gasteiger partial charge in [0.25, 0.3) is 5.91 Å². The smallest absolute Gasteiger partial charge is 0.277 e. The highest BCUT2D eigenvalue weighted by atomic mass is 35.5. The van der Waals surface area contributed by atoms with Crippen LogP contribution in [0.25, 0.3) is 0 Å². The Morgan fingerprint density at radius 2 is 1.89 bits per heavy atom. The number of aliphatic imine (C=N–C) groups is 2. The lowest BCUT2D eigenvalue weighted by molar-refractivity contribution is 0.101. The second-order valence-corrected chi connectivity index (χ2v) is 5.82. The maximum atomic E-state index is 11.9. The van der Waals surface area contributed by atoms with Gasteiger partial charge in [0.15, 0.2) is 0 Å². The van der Waals surface area contributed by atoms with E-state index in [1.54, 1.807) is 12.3 Å². The minimum Gasteiger partial charge on any atom is -0.281 e. The molecule has 0 fully saturated rings. The fraction of sp³-hybridized carbons (Fsp3) is 0.267. The topological polar surface area (TPSA) is 41.8 Å². The summed E-state index contributed by atoms with van der Waals surface area (Å²) in [6.45, 7) is 4.09. The van der Waals surface area contributed by atoms with Crippen molar-refractivity contribution >= 4 is 29.4 Å². The summed E-state index contributed by atoms with van der Waals surface area (Å²) < 4.78 is 0. The average Bonchev–Trinajstić information content (AvgIpc) is 2.66. The Morgan fingerprint density at radius 3 is 2.58 bits per heavy atom. The number of amides is 1. The van der Waals surface area contributed by atoms with Crippen LogP contribution in [0, 0.1) is 5.41 Å². The second-order valence-electron chi connectivity index (χ2n) is 5.38. The van der Waals surface area contributed by atoms with E-state index in [-0.39, 0.29) is 17.4 Å². The summed E-state index contributed by atoms with van der Waals surface area (Å²) >= 11 is 6.01.